The first kappa shape index (κ1) is 28.9. The zero-order valence-electron chi connectivity index (χ0n) is 25.0. The second kappa shape index (κ2) is 11.3. The topological polar surface area (TPSA) is 110 Å². The molecule has 0 atom stereocenters. The number of nitrogens with one attached hydrogen (secondary N) is 2. The molecular weight excluding hydrogens is 520 g/mol. The van der Waals surface area contributed by atoms with Crippen molar-refractivity contribution < 1.29 is 19.1 Å². The van der Waals surface area contributed by atoms with E-state index in [0.29, 0.717) is 48.5 Å². The first-order valence-corrected chi connectivity index (χ1v) is 14.5. The zero-order valence-corrected chi connectivity index (χ0v) is 25.0. The predicted molar refractivity (Wildman–Crippen MR) is 159 cm³/mol. The quantitative estimate of drug-likeness (QED) is 0.382. The van der Waals surface area contributed by atoms with Crippen molar-refractivity contribution in [3.05, 3.63) is 42.1 Å². The van der Waals surface area contributed by atoms with Crippen molar-refractivity contribution in [1.29, 1.82) is 0 Å². The number of fused-ring (bicyclic) bond motifs is 1. The van der Waals surface area contributed by atoms with E-state index in [1.807, 2.05) is 51.1 Å². The molecule has 2 amide bonds. The first-order chi connectivity index (χ1) is 19.4. The summed E-state index contributed by atoms with van der Waals surface area (Å²) in [4.78, 5) is 32.7. The Kier molecular flexibility index (Phi) is 7.96. The third-order valence-corrected chi connectivity index (χ3v) is 6.99. The van der Waals surface area contributed by atoms with Gasteiger partial charge < -0.3 is 20.1 Å². The molecule has 2 aliphatic rings. The number of ether oxygens (including phenoxy) is 2. The van der Waals surface area contributed by atoms with E-state index in [1.165, 1.54) is 0 Å². The lowest BCUT2D eigenvalue weighted by molar-refractivity contribution is 0.0515. The number of anilines is 2. The second-order valence-corrected chi connectivity index (χ2v) is 13.1. The van der Waals surface area contributed by atoms with Gasteiger partial charge in [-0.15, -0.1) is 5.10 Å². The third kappa shape index (κ3) is 7.35. The zero-order chi connectivity index (χ0) is 29.4. The Hall–Kier alpha value is -3.66. The Labute approximate surface area is 241 Å². The molecule has 1 aliphatic heterocycles. The average Bonchev–Trinajstić information content (AvgIpc) is 3.61. The van der Waals surface area contributed by atoms with Crippen LogP contribution in [0.1, 0.15) is 77.6 Å². The van der Waals surface area contributed by atoms with Crippen LogP contribution < -0.4 is 15.5 Å². The molecule has 1 aromatic carbocycles. The van der Waals surface area contributed by atoms with Crippen molar-refractivity contribution in [3.63, 3.8) is 0 Å². The van der Waals surface area contributed by atoms with Gasteiger partial charge in [-0.05, 0) is 85.3 Å². The van der Waals surface area contributed by atoms with Crippen LogP contribution in [0.25, 0.3) is 16.9 Å². The summed E-state index contributed by atoms with van der Waals surface area (Å²) in [5.41, 5.74) is 2.47. The molecule has 1 aliphatic carbocycles. The molecule has 0 radical (unpaired) electrons. The molecule has 5 rings (SSSR count). The maximum Gasteiger partial charge on any atom is 0.414 e. The minimum Gasteiger partial charge on any atom is -0.443 e. The van der Waals surface area contributed by atoms with Gasteiger partial charge in [-0.1, -0.05) is 12.1 Å². The molecule has 220 valence electrons. The van der Waals surface area contributed by atoms with Crippen molar-refractivity contribution in [2.75, 3.05) is 30.0 Å². The van der Waals surface area contributed by atoms with Crippen molar-refractivity contribution in [2.45, 2.75) is 84.4 Å². The fourth-order valence-corrected chi connectivity index (χ4v) is 4.86. The number of carbonyl (C=O) groups excluding carboxylic acids is 2. The minimum absolute atomic E-state index is 0.0598. The van der Waals surface area contributed by atoms with Gasteiger partial charge in [0, 0.05) is 48.5 Å². The molecule has 2 fully saturated rings. The molecule has 3 aromatic rings. The summed E-state index contributed by atoms with van der Waals surface area (Å²) < 4.78 is 13.2. The Morgan fingerprint density at radius 2 is 1.73 bits per heavy atom. The maximum absolute atomic E-state index is 13.7. The maximum atomic E-state index is 13.7. The van der Waals surface area contributed by atoms with Crippen molar-refractivity contribution >= 4 is 29.2 Å². The smallest absolute Gasteiger partial charge is 0.414 e. The van der Waals surface area contributed by atoms with Crippen LogP contribution in [0.2, 0.25) is 0 Å². The molecule has 1 saturated carbocycles. The van der Waals surface area contributed by atoms with E-state index in [1.54, 1.807) is 15.6 Å². The lowest BCUT2D eigenvalue weighted by Crippen LogP contribution is -2.41. The standard InChI is InChI=1S/C31H42N6O4/c1-30(2,3)34-26-17-24(36(29(39)41-31(4,5)6)19-20-13-15-40-16-14-20)27-32-18-25(37(27)35-26)21-7-9-22(10-8-21)28(38)33-23-11-12-23/h7-10,17-18,20,23H,11-16,19H2,1-6H3,(H,33,38)(H,34,35). The highest BCUT2D eigenvalue weighted by Crippen LogP contribution is 2.32. The molecule has 2 aromatic heterocycles. The number of hydrogen-bond donors (Lipinski definition) is 2. The molecule has 0 bridgehead atoms. The van der Waals surface area contributed by atoms with Crippen LogP contribution in [0.4, 0.5) is 16.3 Å². The van der Waals surface area contributed by atoms with Crippen molar-refractivity contribution in [2.24, 2.45) is 5.92 Å². The number of aromatic nitrogens is 3. The molecule has 0 unspecified atom stereocenters. The highest BCUT2D eigenvalue weighted by atomic mass is 16.6. The summed E-state index contributed by atoms with van der Waals surface area (Å²) in [7, 11) is 0. The summed E-state index contributed by atoms with van der Waals surface area (Å²) in [6, 6.07) is 9.64. The van der Waals surface area contributed by atoms with Gasteiger partial charge in [-0.3, -0.25) is 9.69 Å². The largest absolute Gasteiger partial charge is 0.443 e. The van der Waals surface area contributed by atoms with Gasteiger partial charge in [0.2, 0.25) is 0 Å². The molecule has 10 nitrogen and oxygen atoms in total. The van der Waals surface area contributed by atoms with Crippen LogP contribution in [0.5, 0.6) is 0 Å². The van der Waals surface area contributed by atoms with E-state index in [9.17, 15) is 9.59 Å². The van der Waals surface area contributed by atoms with Gasteiger partial charge in [-0.25, -0.2) is 14.3 Å². The van der Waals surface area contributed by atoms with Crippen LogP contribution in [0, 0.1) is 5.92 Å². The third-order valence-electron chi connectivity index (χ3n) is 6.99. The summed E-state index contributed by atoms with van der Waals surface area (Å²) in [5, 5.41) is 11.4. The lowest BCUT2D eigenvalue weighted by atomic mass is 9.99. The Morgan fingerprint density at radius 3 is 2.34 bits per heavy atom. The van der Waals surface area contributed by atoms with Crippen molar-refractivity contribution in [3.8, 4) is 11.3 Å². The van der Waals surface area contributed by atoms with E-state index in [0.717, 1.165) is 36.9 Å². The molecule has 41 heavy (non-hydrogen) atoms. The van der Waals surface area contributed by atoms with Crippen LogP contribution in [0.15, 0.2) is 36.5 Å². The van der Waals surface area contributed by atoms with Crippen LogP contribution >= 0.6 is 0 Å². The molecule has 1 saturated heterocycles. The van der Waals surface area contributed by atoms with E-state index in [2.05, 4.69) is 31.4 Å². The molecular formula is C31H42N6O4. The van der Waals surface area contributed by atoms with Crippen molar-refractivity contribution in [1.82, 2.24) is 19.9 Å². The van der Waals surface area contributed by atoms with E-state index in [-0.39, 0.29) is 17.4 Å². The average molecular weight is 563 g/mol. The van der Waals surface area contributed by atoms with Crippen LogP contribution in [-0.2, 0) is 9.47 Å². The first-order valence-electron chi connectivity index (χ1n) is 14.5. The molecule has 0 spiro atoms. The van der Waals surface area contributed by atoms with E-state index < -0.39 is 11.7 Å². The summed E-state index contributed by atoms with van der Waals surface area (Å²) in [6.07, 6.45) is 5.16. The normalized spacial score (nSPS) is 16.4. The highest BCUT2D eigenvalue weighted by Gasteiger charge is 2.30. The predicted octanol–water partition coefficient (Wildman–Crippen LogP) is 5.67. The van der Waals surface area contributed by atoms with Gasteiger partial charge in [0.1, 0.15) is 11.4 Å². The Bertz CT molecular complexity index is 1390. The van der Waals surface area contributed by atoms with Gasteiger partial charge in [0.15, 0.2) is 5.65 Å². The number of benzene rings is 1. The lowest BCUT2D eigenvalue weighted by Gasteiger charge is -2.32. The minimum atomic E-state index is -0.658. The van der Waals surface area contributed by atoms with Gasteiger partial charge in [0.25, 0.3) is 5.91 Å². The van der Waals surface area contributed by atoms with Crippen LogP contribution in [-0.4, -0.2) is 63.5 Å². The summed E-state index contributed by atoms with van der Waals surface area (Å²) in [6.45, 7) is 13.6. The summed E-state index contributed by atoms with van der Waals surface area (Å²) in [5.74, 6) is 0.822. The van der Waals surface area contributed by atoms with Crippen LogP contribution in [0.3, 0.4) is 0 Å². The molecule has 2 N–H and O–H groups in total. The fourth-order valence-electron chi connectivity index (χ4n) is 4.86. The van der Waals surface area contributed by atoms with Gasteiger partial charge in [0.05, 0.1) is 17.6 Å². The fraction of sp³-hybridized carbons (Fsp3) is 0.548. The second-order valence-electron chi connectivity index (χ2n) is 13.1. The number of nitrogens with zero attached hydrogens (tertiary/aromatic N) is 4. The summed E-state index contributed by atoms with van der Waals surface area (Å²) >= 11 is 0. The Morgan fingerprint density at radius 1 is 1.05 bits per heavy atom. The van der Waals surface area contributed by atoms with Gasteiger partial charge >= 0.3 is 6.09 Å². The number of hydrogen-bond acceptors (Lipinski definition) is 7. The number of amides is 2. The number of rotatable bonds is 7. The van der Waals surface area contributed by atoms with E-state index >= 15 is 0 Å². The highest BCUT2D eigenvalue weighted by molar-refractivity contribution is 5.95. The van der Waals surface area contributed by atoms with E-state index in [4.69, 9.17) is 19.6 Å². The Balaban J connectivity index is 1.57. The molecule has 10 heteroatoms. The number of carbonyl (C=O) groups is 2. The number of imidazole rings is 1. The monoisotopic (exact) mass is 562 g/mol. The van der Waals surface area contributed by atoms with Gasteiger partial charge in [-0.2, -0.15) is 0 Å². The SMILES string of the molecule is CC(C)(C)Nc1cc(N(CC2CCOCC2)C(=O)OC(C)(C)C)c2ncc(-c3ccc(C(=O)NC4CC4)cc3)n2n1. The molecule has 3 heterocycles.